The number of hydrogen-bond acceptors (Lipinski definition) is 3. The van der Waals surface area contributed by atoms with E-state index in [9.17, 15) is 4.39 Å². The zero-order chi connectivity index (χ0) is 18.6. The summed E-state index contributed by atoms with van der Waals surface area (Å²) in [7, 11) is 1.71. The van der Waals surface area contributed by atoms with Crippen LogP contribution in [-0.2, 0) is 9.47 Å². The standard InChI is InChI=1S/C21H31ClFNO2/c1-25-14-21(24)11-12-26-17(13-21)10-7-15-5-8-16(9-6-15)20-18(22)3-2-4-19(20)23/h2-4,15-17H,5-14,24H2,1H3. The van der Waals surface area contributed by atoms with Crippen molar-refractivity contribution < 1.29 is 13.9 Å². The lowest BCUT2D eigenvalue weighted by Crippen LogP contribution is -2.51. The minimum atomic E-state index is -0.239. The Kier molecular flexibility index (Phi) is 6.95. The summed E-state index contributed by atoms with van der Waals surface area (Å²) in [4.78, 5) is 0. The molecular weight excluding hydrogens is 353 g/mol. The minimum Gasteiger partial charge on any atom is -0.383 e. The average Bonchev–Trinajstić information content (AvgIpc) is 2.61. The third-order valence-electron chi connectivity index (χ3n) is 6.17. The van der Waals surface area contributed by atoms with Gasteiger partial charge in [-0.1, -0.05) is 17.7 Å². The molecule has 0 radical (unpaired) electrons. The molecule has 0 spiro atoms. The van der Waals surface area contributed by atoms with Crippen molar-refractivity contribution in [2.24, 2.45) is 11.7 Å². The fraction of sp³-hybridized carbons (Fsp3) is 0.714. The molecule has 0 amide bonds. The second kappa shape index (κ2) is 9.01. The molecular formula is C21H31ClFNO2. The predicted octanol–water partition coefficient (Wildman–Crippen LogP) is 5.06. The van der Waals surface area contributed by atoms with Crippen LogP contribution in [-0.4, -0.2) is 32.0 Å². The number of ether oxygens (including phenoxy) is 2. The topological polar surface area (TPSA) is 44.5 Å². The second-order valence-electron chi connectivity index (χ2n) is 8.17. The Morgan fingerprint density at radius 2 is 2.04 bits per heavy atom. The van der Waals surface area contributed by atoms with Crippen LogP contribution >= 0.6 is 11.6 Å². The van der Waals surface area contributed by atoms with Crippen LogP contribution < -0.4 is 5.73 Å². The van der Waals surface area contributed by atoms with Crippen molar-refractivity contribution in [3.05, 3.63) is 34.6 Å². The molecule has 1 saturated carbocycles. The first-order valence-corrected chi connectivity index (χ1v) is 10.2. The van der Waals surface area contributed by atoms with Gasteiger partial charge in [-0.15, -0.1) is 0 Å². The molecule has 1 aliphatic carbocycles. The molecule has 3 nitrogen and oxygen atoms in total. The molecule has 1 saturated heterocycles. The summed E-state index contributed by atoms with van der Waals surface area (Å²) in [5, 5.41) is 0.571. The molecule has 2 N–H and O–H groups in total. The zero-order valence-corrected chi connectivity index (χ0v) is 16.4. The lowest BCUT2D eigenvalue weighted by molar-refractivity contribution is -0.0440. The third-order valence-corrected chi connectivity index (χ3v) is 6.50. The van der Waals surface area contributed by atoms with E-state index in [1.807, 2.05) is 0 Å². The largest absolute Gasteiger partial charge is 0.383 e. The van der Waals surface area contributed by atoms with E-state index in [2.05, 4.69) is 0 Å². The molecule has 2 aliphatic rings. The molecule has 2 unspecified atom stereocenters. The van der Waals surface area contributed by atoms with E-state index >= 15 is 0 Å². The SMILES string of the molecule is COCC1(N)CCOC(CCC2CCC(c3c(F)cccc3Cl)CC2)C1. The van der Waals surface area contributed by atoms with Gasteiger partial charge in [-0.3, -0.25) is 0 Å². The molecule has 2 atom stereocenters. The van der Waals surface area contributed by atoms with E-state index in [1.165, 1.54) is 6.07 Å². The highest BCUT2D eigenvalue weighted by molar-refractivity contribution is 6.31. The van der Waals surface area contributed by atoms with Crippen LogP contribution in [0.4, 0.5) is 4.39 Å². The molecule has 2 fully saturated rings. The van der Waals surface area contributed by atoms with Crippen molar-refractivity contribution in [3.8, 4) is 0 Å². The van der Waals surface area contributed by atoms with Crippen molar-refractivity contribution in [2.75, 3.05) is 20.3 Å². The van der Waals surface area contributed by atoms with Gasteiger partial charge in [0.1, 0.15) is 5.82 Å². The summed E-state index contributed by atoms with van der Waals surface area (Å²) in [5.41, 5.74) is 6.91. The summed E-state index contributed by atoms with van der Waals surface area (Å²) < 4.78 is 25.3. The van der Waals surface area contributed by atoms with Gasteiger partial charge in [-0.05, 0) is 75.3 Å². The minimum absolute atomic E-state index is 0.158. The van der Waals surface area contributed by atoms with Gasteiger partial charge < -0.3 is 15.2 Å². The van der Waals surface area contributed by atoms with E-state index in [-0.39, 0.29) is 23.4 Å². The summed E-state index contributed by atoms with van der Waals surface area (Å²) in [6, 6.07) is 5.00. The van der Waals surface area contributed by atoms with Gasteiger partial charge in [0.05, 0.1) is 12.7 Å². The lowest BCUT2D eigenvalue weighted by Gasteiger charge is -2.38. The van der Waals surface area contributed by atoms with E-state index < -0.39 is 0 Å². The van der Waals surface area contributed by atoms with Crippen LogP contribution in [0.3, 0.4) is 0 Å². The van der Waals surface area contributed by atoms with Gasteiger partial charge >= 0.3 is 0 Å². The molecule has 3 rings (SSSR count). The summed E-state index contributed by atoms with van der Waals surface area (Å²) in [5.74, 6) is 0.787. The van der Waals surface area contributed by atoms with Gasteiger partial charge in [-0.2, -0.15) is 0 Å². The molecule has 0 aromatic heterocycles. The second-order valence-corrected chi connectivity index (χ2v) is 8.58. The van der Waals surface area contributed by atoms with Crippen molar-refractivity contribution in [1.82, 2.24) is 0 Å². The van der Waals surface area contributed by atoms with Crippen LogP contribution in [0.2, 0.25) is 5.02 Å². The van der Waals surface area contributed by atoms with Crippen LogP contribution in [0.25, 0.3) is 0 Å². The first-order valence-electron chi connectivity index (χ1n) is 9.84. The van der Waals surface area contributed by atoms with Crippen LogP contribution in [0.1, 0.15) is 62.8 Å². The normalized spacial score (nSPS) is 32.5. The van der Waals surface area contributed by atoms with Crippen molar-refractivity contribution in [3.63, 3.8) is 0 Å². The zero-order valence-electron chi connectivity index (χ0n) is 15.7. The molecule has 1 aromatic carbocycles. The third kappa shape index (κ3) is 4.98. The van der Waals surface area contributed by atoms with E-state index in [0.29, 0.717) is 17.5 Å². The smallest absolute Gasteiger partial charge is 0.128 e. The summed E-state index contributed by atoms with van der Waals surface area (Å²) >= 11 is 6.24. The van der Waals surface area contributed by atoms with Gasteiger partial charge in [-0.25, -0.2) is 4.39 Å². The maximum absolute atomic E-state index is 14.1. The fourth-order valence-electron chi connectivity index (χ4n) is 4.71. The highest BCUT2D eigenvalue weighted by Crippen LogP contribution is 2.41. The highest BCUT2D eigenvalue weighted by Gasteiger charge is 2.34. The molecule has 5 heteroatoms. The molecule has 26 heavy (non-hydrogen) atoms. The number of halogens is 2. The van der Waals surface area contributed by atoms with Crippen molar-refractivity contribution in [1.29, 1.82) is 0 Å². The number of methoxy groups -OCH3 is 1. The average molecular weight is 384 g/mol. The number of rotatable bonds is 6. The highest BCUT2D eigenvalue weighted by atomic mass is 35.5. The Labute approximate surface area is 161 Å². The maximum Gasteiger partial charge on any atom is 0.128 e. The fourth-order valence-corrected chi connectivity index (χ4v) is 5.03. The Bertz CT molecular complexity index is 567. The van der Waals surface area contributed by atoms with E-state index in [1.54, 1.807) is 19.2 Å². The monoisotopic (exact) mass is 383 g/mol. The van der Waals surface area contributed by atoms with Gasteiger partial charge in [0.2, 0.25) is 0 Å². The lowest BCUT2D eigenvalue weighted by atomic mass is 9.76. The molecule has 0 bridgehead atoms. The Balaban J connectivity index is 1.46. The molecule has 146 valence electrons. The Morgan fingerprint density at radius 1 is 1.27 bits per heavy atom. The molecule has 1 aliphatic heterocycles. The van der Waals surface area contributed by atoms with Crippen LogP contribution in [0.5, 0.6) is 0 Å². The molecule has 1 aromatic rings. The first kappa shape index (κ1) is 20.1. The molecule has 1 heterocycles. The number of nitrogens with two attached hydrogens (primary N) is 1. The van der Waals surface area contributed by atoms with E-state index in [4.69, 9.17) is 26.8 Å². The Hall–Kier alpha value is -0.680. The summed E-state index contributed by atoms with van der Waals surface area (Å²) in [6.45, 7) is 1.32. The first-order chi connectivity index (χ1) is 12.5. The van der Waals surface area contributed by atoms with Crippen molar-refractivity contribution >= 4 is 11.6 Å². The van der Waals surface area contributed by atoms with Gasteiger partial charge in [0.15, 0.2) is 0 Å². The van der Waals surface area contributed by atoms with Gasteiger partial charge in [0.25, 0.3) is 0 Å². The Morgan fingerprint density at radius 3 is 2.73 bits per heavy atom. The quantitative estimate of drug-likeness (QED) is 0.747. The maximum atomic E-state index is 14.1. The van der Waals surface area contributed by atoms with Crippen LogP contribution in [0.15, 0.2) is 18.2 Å². The summed E-state index contributed by atoms with van der Waals surface area (Å²) in [6.07, 6.45) is 8.49. The predicted molar refractivity (Wildman–Crippen MR) is 103 cm³/mol. The van der Waals surface area contributed by atoms with Crippen molar-refractivity contribution in [2.45, 2.75) is 68.9 Å². The van der Waals surface area contributed by atoms with Crippen LogP contribution in [0, 0.1) is 11.7 Å². The number of hydrogen-bond donors (Lipinski definition) is 1. The number of benzene rings is 1. The van der Waals surface area contributed by atoms with Gasteiger partial charge in [0, 0.05) is 29.8 Å². The van der Waals surface area contributed by atoms with E-state index in [0.717, 1.165) is 63.5 Å².